The van der Waals surface area contributed by atoms with Crippen LogP contribution in [-0.2, 0) is 4.79 Å². The molecular weight excluding hydrogens is 348 g/mol. The van der Waals surface area contributed by atoms with Crippen LogP contribution in [0.1, 0.15) is 22.6 Å². The van der Waals surface area contributed by atoms with Crippen LogP contribution >= 0.6 is 11.6 Å². The Labute approximate surface area is 157 Å². The fourth-order valence-electron chi connectivity index (χ4n) is 2.69. The summed E-state index contributed by atoms with van der Waals surface area (Å²) in [5.74, 6) is -0.260. The van der Waals surface area contributed by atoms with Gasteiger partial charge in [0.1, 0.15) is 0 Å². The molecule has 0 aliphatic heterocycles. The first kappa shape index (κ1) is 17.9. The SMILES string of the molecule is Cc1nccc(NC(=O)C=Cc2c(C)nn(-c3ccccc3)c2C)c1Cl. The van der Waals surface area contributed by atoms with E-state index in [1.54, 1.807) is 25.3 Å². The van der Waals surface area contributed by atoms with Gasteiger partial charge in [0.15, 0.2) is 0 Å². The van der Waals surface area contributed by atoms with Crippen molar-refractivity contribution in [2.45, 2.75) is 20.8 Å². The van der Waals surface area contributed by atoms with E-state index in [-0.39, 0.29) is 5.91 Å². The van der Waals surface area contributed by atoms with E-state index >= 15 is 0 Å². The normalized spacial score (nSPS) is 11.1. The molecule has 0 radical (unpaired) electrons. The number of hydrogen-bond donors (Lipinski definition) is 1. The maximum Gasteiger partial charge on any atom is 0.248 e. The summed E-state index contributed by atoms with van der Waals surface area (Å²) in [6, 6.07) is 11.6. The topological polar surface area (TPSA) is 59.8 Å². The van der Waals surface area contributed by atoms with Gasteiger partial charge in [-0.2, -0.15) is 5.10 Å². The molecule has 5 nitrogen and oxygen atoms in total. The lowest BCUT2D eigenvalue weighted by molar-refractivity contribution is -0.111. The predicted molar refractivity (Wildman–Crippen MR) is 105 cm³/mol. The van der Waals surface area contributed by atoms with E-state index in [0.717, 1.165) is 22.6 Å². The van der Waals surface area contributed by atoms with Gasteiger partial charge in [-0.05, 0) is 45.0 Å². The summed E-state index contributed by atoms with van der Waals surface area (Å²) in [4.78, 5) is 16.3. The molecule has 26 heavy (non-hydrogen) atoms. The van der Waals surface area contributed by atoms with Gasteiger partial charge in [-0.3, -0.25) is 9.78 Å². The van der Waals surface area contributed by atoms with Crippen LogP contribution < -0.4 is 5.32 Å². The number of pyridine rings is 1. The Morgan fingerprint density at radius 2 is 1.85 bits per heavy atom. The van der Waals surface area contributed by atoms with E-state index in [1.807, 2.05) is 48.9 Å². The van der Waals surface area contributed by atoms with Crippen LogP contribution in [0, 0.1) is 20.8 Å². The van der Waals surface area contributed by atoms with Gasteiger partial charge in [0.2, 0.25) is 5.91 Å². The first-order chi connectivity index (χ1) is 12.5. The molecule has 2 heterocycles. The number of para-hydroxylation sites is 1. The Bertz CT molecular complexity index is 977. The van der Waals surface area contributed by atoms with Crippen molar-refractivity contribution in [3.63, 3.8) is 0 Å². The average molecular weight is 367 g/mol. The summed E-state index contributed by atoms with van der Waals surface area (Å²) in [7, 11) is 0. The van der Waals surface area contributed by atoms with Gasteiger partial charge in [0.05, 0.1) is 27.8 Å². The molecule has 1 aromatic carbocycles. The van der Waals surface area contributed by atoms with Gasteiger partial charge in [0, 0.05) is 23.5 Å². The summed E-state index contributed by atoms with van der Waals surface area (Å²) in [6.07, 6.45) is 4.87. The number of benzene rings is 1. The maximum atomic E-state index is 12.2. The summed E-state index contributed by atoms with van der Waals surface area (Å²) >= 11 is 6.16. The summed E-state index contributed by atoms with van der Waals surface area (Å²) in [6.45, 7) is 5.69. The van der Waals surface area contributed by atoms with Crippen molar-refractivity contribution < 1.29 is 4.79 Å². The van der Waals surface area contributed by atoms with E-state index < -0.39 is 0 Å². The van der Waals surface area contributed by atoms with Crippen LogP contribution in [0.2, 0.25) is 5.02 Å². The lowest BCUT2D eigenvalue weighted by Gasteiger charge is -2.06. The highest BCUT2D eigenvalue weighted by atomic mass is 35.5. The number of aromatic nitrogens is 3. The number of carbonyl (C=O) groups is 1. The third kappa shape index (κ3) is 3.68. The standard InChI is InChI=1S/C20H19ClN4O/c1-13-17(15(3)25(24-13)16-7-5-4-6-8-16)9-10-19(26)23-18-11-12-22-14(2)20(18)21/h4-12H,1-3H3,(H,22,23,26). The number of nitrogens with zero attached hydrogens (tertiary/aromatic N) is 3. The monoisotopic (exact) mass is 366 g/mol. The number of carbonyl (C=O) groups excluding carboxylic acids is 1. The Kier molecular flexibility index (Phi) is 5.19. The summed E-state index contributed by atoms with van der Waals surface area (Å²) < 4.78 is 1.87. The van der Waals surface area contributed by atoms with Crippen LogP contribution in [0.15, 0.2) is 48.7 Å². The smallest absolute Gasteiger partial charge is 0.248 e. The van der Waals surface area contributed by atoms with Gasteiger partial charge < -0.3 is 5.32 Å². The summed E-state index contributed by atoms with van der Waals surface area (Å²) in [5, 5.41) is 7.79. The van der Waals surface area contributed by atoms with Crippen molar-refractivity contribution in [2.75, 3.05) is 5.32 Å². The molecule has 0 saturated heterocycles. The van der Waals surface area contributed by atoms with Gasteiger partial charge in [-0.25, -0.2) is 4.68 Å². The quantitative estimate of drug-likeness (QED) is 0.691. The third-order valence-corrected chi connectivity index (χ3v) is 4.55. The van der Waals surface area contributed by atoms with Gasteiger partial charge in [-0.1, -0.05) is 29.8 Å². The molecule has 0 bridgehead atoms. The van der Waals surface area contributed by atoms with Crippen LogP contribution in [-0.4, -0.2) is 20.7 Å². The largest absolute Gasteiger partial charge is 0.321 e. The zero-order valence-corrected chi connectivity index (χ0v) is 15.6. The second-order valence-corrected chi connectivity index (χ2v) is 6.29. The van der Waals surface area contributed by atoms with E-state index in [9.17, 15) is 4.79 Å². The molecule has 1 amide bonds. The number of rotatable bonds is 4. The third-order valence-electron chi connectivity index (χ3n) is 4.07. The second kappa shape index (κ2) is 7.54. The summed E-state index contributed by atoms with van der Waals surface area (Å²) in [5.41, 5.74) is 4.94. The highest BCUT2D eigenvalue weighted by molar-refractivity contribution is 6.34. The minimum atomic E-state index is -0.260. The number of aryl methyl sites for hydroxylation is 2. The van der Waals surface area contributed by atoms with E-state index in [4.69, 9.17) is 11.6 Å². The van der Waals surface area contributed by atoms with E-state index in [0.29, 0.717) is 16.4 Å². The van der Waals surface area contributed by atoms with Crippen LogP contribution in [0.5, 0.6) is 0 Å². The Hall–Kier alpha value is -2.92. The number of hydrogen-bond acceptors (Lipinski definition) is 3. The fourth-order valence-corrected chi connectivity index (χ4v) is 2.85. The lowest BCUT2D eigenvalue weighted by atomic mass is 10.2. The van der Waals surface area contributed by atoms with Gasteiger partial charge in [-0.15, -0.1) is 0 Å². The predicted octanol–water partition coefficient (Wildman–Crippen LogP) is 4.50. The zero-order valence-electron chi connectivity index (χ0n) is 14.8. The molecule has 0 spiro atoms. The van der Waals surface area contributed by atoms with E-state index in [1.165, 1.54) is 6.08 Å². The molecule has 0 atom stereocenters. The molecular formula is C20H19ClN4O. The maximum absolute atomic E-state index is 12.2. The Morgan fingerprint density at radius 1 is 1.12 bits per heavy atom. The molecule has 0 saturated carbocycles. The Balaban J connectivity index is 1.81. The van der Waals surface area contributed by atoms with Crippen molar-refractivity contribution in [3.05, 3.63) is 76.3 Å². The molecule has 6 heteroatoms. The molecule has 3 rings (SSSR count). The molecule has 0 aliphatic carbocycles. The van der Waals surface area contributed by atoms with Gasteiger partial charge >= 0.3 is 0 Å². The van der Waals surface area contributed by atoms with Crippen molar-refractivity contribution in [3.8, 4) is 5.69 Å². The number of nitrogens with one attached hydrogen (secondary N) is 1. The number of amides is 1. The average Bonchev–Trinajstić information content (AvgIpc) is 2.92. The Morgan fingerprint density at radius 3 is 2.58 bits per heavy atom. The van der Waals surface area contributed by atoms with Crippen molar-refractivity contribution in [2.24, 2.45) is 0 Å². The first-order valence-electron chi connectivity index (χ1n) is 8.19. The van der Waals surface area contributed by atoms with Gasteiger partial charge in [0.25, 0.3) is 0 Å². The zero-order chi connectivity index (χ0) is 18.7. The van der Waals surface area contributed by atoms with Crippen molar-refractivity contribution >= 4 is 29.3 Å². The number of anilines is 1. The van der Waals surface area contributed by atoms with Crippen LogP contribution in [0.25, 0.3) is 11.8 Å². The highest BCUT2D eigenvalue weighted by Gasteiger charge is 2.11. The first-order valence-corrected chi connectivity index (χ1v) is 8.57. The highest BCUT2D eigenvalue weighted by Crippen LogP contribution is 2.23. The van der Waals surface area contributed by atoms with E-state index in [2.05, 4.69) is 15.4 Å². The second-order valence-electron chi connectivity index (χ2n) is 5.91. The molecule has 2 aromatic heterocycles. The minimum absolute atomic E-state index is 0.260. The van der Waals surface area contributed by atoms with Crippen molar-refractivity contribution in [1.82, 2.24) is 14.8 Å². The lowest BCUT2D eigenvalue weighted by Crippen LogP contribution is -2.08. The van der Waals surface area contributed by atoms with Crippen molar-refractivity contribution in [1.29, 1.82) is 0 Å². The molecule has 0 unspecified atom stereocenters. The molecule has 0 fully saturated rings. The minimum Gasteiger partial charge on any atom is -0.321 e. The molecule has 132 valence electrons. The molecule has 3 aromatic rings. The van der Waals surface area contributed by atoms with Crippen LogP contribution in [0.3, 0.4) is 0 Å². The van der Waals surface area contributed by atoms with Crippen LogP contribution in [0.4, 0.5) is 5.69 Å². The number of halogens is 1. The molecule has 0 aliphatic rings. The fraction of sp³-hybridized carbons (Fsp3) is 0.150. The molecule has 1 N–H and O–H groups in total.